The molecule has 0 nitrogen and oxygen atoms in total. The first kappa shape index (κ1) is 15.0. The Morgan fingerprint density at radius 3 is 1.83 bits per heavy atom. The second-order valence-corrected chi connectivity index (χ2v) is 7.55. The molecule has 0 bridgehead atoms. The molecule has 0 aromatic heterocycles. The molecule has 0 heteroatoms. The maximum atomic E-state index is 3.81. The molecule has 0 N–H and O–H groups in total. The van der Waals surface area contributed by atoms with E-state index < -0.39 is 0 Å². The van der Waals surface area contributed by atoms with E-state index in [-0.39, 0.29) is 0 Å². The molecule has 1 atom stereocenters. The van der Waals surface area contributed by atoms with Crippen molar-refractivity contribution in [3.05, 3.63) is 42.0 Å². The summed E-state index contributed by atoms with van der Waals surface area (Å²) in [6, 6.07) is 8.87. The third kappa shape index (κ3) is 4.33. The van der Waals surface area contributed by atoms with Crippen LogP contribution in [0.3, 0.4) is 0 Å². The maximum Gasteiger partial charge on any atom is -0.0108 e. The van der Waals surface area contributed by atoms with Crippen LogP contribution < -0.4 is 0 Å². The summed E-state index contributed by atoms with van der Waals surface area (Å²) < 4.78 is 0. The Labute approximate surface area is 113 Å². The van der Waals surface area contributed by atoms with Crippen LogP contribution in [-0.2, 0) is 0 Å². The Kier molecular flexibility index (Phi) is 4.42. The first-order valence-corrected chi connectivity index (χ1v) is 6.86. The zero-order valence-electron chi connectivity index (χ0n) is 12.9. The van der Waals surface area contributed by atoms with Gasteiger partial charge in [0.1, 0.15) is 0 Å². The fourth-order valence-electron chi connectivity index (χ4n) is 2.40. The van der Waals surface area contributed by atoms with Crippen molar-refractivity contribution < 1.29 is 0 Å². The molecule has 18 heavy (non-hydrogen) atoms. The standard InChI is InChI=1S/C18H28/c1-8-14-9-11-15(12-10-14)16(18(5,6)7)13-17(2,3)4/h8-12,16H,1,13H2,2-7H3. The van der Waals surface area contributed by atoms with Crippen LogP contribution in [0.2, 0.25) is 0 Å². The van der Waals surface area contributed by atoms with E-state index in [2.05, 4.69) is 72.4 Å². The van der Waals surface area contributed by atoms with Crippen molar-refractivity contribution in [1.29, 1.82) is 0 Å². The SMILES string of the molecule is C=Cc1ccc(C(CC(C)(C)C)C(C)(C)C)cc1. The molecule has 100 valence electrons. The topological polar surface area (TPSA) is 0 Å². The molecule has 0 aliphatic rings. The van der Waals surface area contributed by atoms with Crippen molar-refractivity contribution in [2.75, 3.05) is 0 Å². The van der Waals surface area contributed by atoms with Crippen molar-refractivity contribution >= 4 is 6.08 Å². The molecule has 0 fully saturated rings. The van der Waals surface area contributed by atoms with Crippen molar-refractivity contribution in [2.24, 2.45) is 10.8 Å². The molecule has 0 aliphatic carbocycles. The first-order valence-electron chi connectivity index (χ1n) is 6.86. The molecule has 0 saturated heterocycles. The smallest absolute Gasteiger partial charge is 0.0108 e. The predicted octanol–water partition coefficient (Wildman–Crippen LogP) is 5.90. The highest BCUT2D eigenvalue weighted by molar-refractivity contribution is 5.47. The highest BCUT2D eigenvalue weighted by atomic mass is 14.3. The predicted molar refractivity (Wildman–Crippen MR) is 82.8 cm³/mol. The largest absolute Gasteiger partial charge is 0.0985 e. The number of hydrogen-bond donors (Lipinski definition) is 0. The summed E-state index contributed by atoms with van der Waals surface area (Å²) in [5.41, 5.74) is 3.29. The Morgan fingerprint density at radius 2 is 1.50 bits per heavy atom. The van der Waals surface area contributed by atoms with Crippen LogP contribution >= 0.6 is 0 Å². The Morgan fingerprint density at radius 1 is 1.00 bits per heavy atom. The number of hydrogen-bond acceptors (Lipinski definition) is 0. The third-order valence-electron chi connectivity index (χ3n) is 3.44. The zero-order chi connectivity index (χ0) is 14.0. The maximum absolute atomic E-state index is 3.81. The number of benzene rings is 1. The lowest BCUT2D eigenvalue weighted by atomic mass is 9.69. The van der Waals surface area contributed by atoms with Gasteiger partial charge in [-0.05, 0) is 34.3 Å². The average Bonchev–Trinajstić information content (AvgIpc) is 2.24. The molecule has 0 amide bonds. The van der Waals surface area contributed by atoms with Gasteiger partial charge < -0.3 is 0 Å². The summed E-state index contributed by atoms with van der Waals surface area (Å²) in [4.78, 5) is 0. The lowest BCUT2D eigenvalue weighted by Gasteiger charge is -2.36. The second kappa shape index (κ2) is 5.30. The highest BCUT2D eigenvalue weighted by Gasteiger charge is 2.30. The molecule has 0 spiro atoms. The molecule has 1 unspecified atom stereocenters. The molecule has 0 aliphatic heterocycles. The van der Waals surface area contributed by atoms with Gasteiger partial charge in [-0.2, -0.15) is 0 Å². The fraction of sp³-hybridized carbons (Fsp3) is 0.556. The van der Waals surface area contributed by atoms with E-state index in [1.54, 1.807) is 0 Å². The van der Waals surface area contributed by atoms with Gasteiger partial charge in [0, 0.05) is 0 Å². The minimum absolute atomic E-state index is 0.295. The van der Waals surface area contributed by atoms with Gasteiger partial charge in [0.15, 0.2) is 0 Å². The van der Waals surface area contributed by atoms with E-state index in [0.717, 1.165) is 0 Å². The van der Waals surface area contributed by atoms with Gasteiger partial charge in [0.2, 0.25) is 0 Å². The second-order valence-electron chi connectivity index (χ2n) is 7.55. The van der Waals surface area contributed by atoms with Crippen LogP contribution in [0.15, 0.2) is 30.8 Å². The quantitative estimate of drug-likeness (QED) is 0.621. The number of rotatable bonds is 3. The van der Waals surface area contributed by atoms with Crippen LogP contribution in [0.1, 0.15) is 65.0 Å². The molecular weight excluding hydrogens is 216 g/mol. The molecule has 1 aromatic rings. The summed E-state index contributed by atoms with van der Waals surface area (Å²) >= 11 is 0. The highest BCUT2D eigenvalue weighted by Crippen LogP contribution is 2.42. The van der Waals surface area contributed by atoms with E-state index in [4.69, 9.17) is 0 Å². The van der Waals surface area contributed by atoms with E-state index >= 15 is 0 Å². The van der Waals surface area contributed by atoms with Crippen LogP contribution in [0.4, 0.5) is 0 Å². The summed E-state index contributed by atoms with van der Waals surface area (Å²) in [5, 5.41) is 0. The van der Waals surface area contributed by atoms with Crippen LogP contribution in [0, 0.1) is 10.8 Å². The van der Waals surface area contributed by atoms with Crippen molar-refractivity contribution in [3.63, 3.8) is 0 Å². The van der Waals surface area contributed by atoms with Gasteiger partial charge in [0.05, 0.1) is 0 Å². The summed E-state index contributed by atoms with van der Waals surface area (Å²) in [6.45, 7) is 17.8. The minimum Gasteiger partial charge on any atom is -0.0985 e. The van der Waals surface area contributed by atoms with Crippen LogP contribution in [-0.4, -0.2) is 0 Å². The lowest BCUT2D eigenvalue weighted by Crippen LogP contribution is -2.23. The van der Waals surface area contributed by atoms with Gasteiger partial charge in [-0.15, -0.1) is 0 Å². The molecule has 0 heterocycles. The van der Waals surface area contributed by atoms with Gasteiger partial charge in [-0.1, -0.05) is 78.5 Å². The molecular formula is C18H28. The first-order chi connectivity index (χ1) is 8.13. The van der Waals surface area contributed by atoms with E-state index in [9.17, 15) is 0 Å². The molecule has 1 aromatic carbocycles. The van der Waals surface area contributed by atoms with Gasteiger partial charge in [0.25, 0.3) is 0 Å². The third-order valence-corrected chi connectivity index (χ3v) is 3.44. The minimum atomic E-state index is 0.295. The van der Waals surface area contributed by atoms with E-state index in [0.29, 0.717) is 16.7 Å². The van der Waals surface area contributed by atoms with E-state index in [1.807, 2.05) is 6.08 Å². The lowest BCUT2D eigenvalue weighted by molar-refractivity contribution is 0.229. The molecule has 0 saturated carbocycles. The van der Waals surface area contributed by atoms with Crippen molar-refractivity contribution in [3.8, 4) is 0 Å². The summed E-state index contributed by atoms with van der Waals surface area (Å²) in [5.74, 6) is 0.594. The molecule has 1 rings (SSSR count). The van der Waals surface area contributed by atoms with Gasteiger partial charge in [-0.25, -0.2) is 0 Å². The molecule has 0 radical (unpaired) electrons. The summed E-state index contributed by atoms with van der Waals surface area (Å²) in [7, 11) is 0. The Hall–Kier alpha value is -1.04. The van der Waals surface area contributed by atoms with E-state index in [1.165, 1.54) is 17.5 Å². The van der Waals surface area contributed by atoms with Crippen LogP contribution in [0.5, 0.6) is 0 Å². The Balaban J connectivity index is 3.06. The monoisotopic (exact) mass is 244 g/mol. The Bertz CT molecular complexity index is 382. The van der Waals surface area contributed by atoms with Crippen LogP contribution in [0.25, 0.3) is 6.08 Å². The van der Waals surface area contributed by atoms with Gasteiger partial charge >= 0.3 is 0 Å². The normalized spacial score (nSPS) is 14.3. The zero-order valence-corrected chi connectivity index (χ0v) is 12.9. The fourth-order valence-corrected chi connectivity index (χ4v) is 2.40. The average molecular weight is 244 g/mol. The summed E-state index contributed by atoms with van der Waals surface area (Å²) in [6.07, 6.45) is 3.11. The van der Waals surface area contributed by atoms with Crippen molar-refractivity contribution in [2.45, 2.75) is 53.9 Å². The van der Waals surface area contributed by atoms with Gasteiger partial charge in [-0.3, -0.25) is 0 Å². The van der Waals surface area contributed by atoms with Crippen molar-refractivity contribution in [1.82, 2.24) is 0 Å².